The summed E-state index contributed by atoms with van der Waals surface area (Å²) in [4.78, 5) is 45.1. The van der Waals surface area contributed by atoms with E-state index >= 15 is 0 Å². The Hall–Kier alpha value is -4.75. The first kappa shape index (κ1) is 36.5. The first-order valence-corrected chi connectivity index (χ1v) is 17.8. The van der Waals surface area contributed by atoms with E-state index in [-0.39, 0.29) is 29.1 Å². The fraction of sp³-hybridized carbons (Fsp3) is 0.372. The third kappa shape index (κ3) is 8.00. The van der Waals surface area contributed by atoms with E-state index in [1.807, 2.05) is 48.4 Å². The van der Waals surface area contributed by atoms with Crippen LogP contribution in [0.15, 0.2) is 97.6 Å². The molecule has 0 aromatic heterocycles. The highest BCUT2D eigenvalue weighted by molar-refractivity contribution is 6.05. The summed E-state index contributed by atoms with van der Waals surface area (Å²) in [5, 5.41) is 3.02. The van der Waals surface area contributed by atoms with Crippen molar-refractivity contribution in [2.75, 3.05) is 48.3 Å². The van der Waals surface area contributed by atoms with Crippen molar-refractivity contribution in [3.8, 4) is 0 Å². The second kappa shape index (κ2) is 15.4. The maximum atomic E-state index is 13.6. The van der Waals surface area contributed by atoms with E-state index in [4.69, 9.17) is 0 Å². The predicted octanol–water partition coefficient (Wildman–Crippen LogP) is 8.10. The Morgan fingerprint density at radius 1 is 0.940 bits per heavy atom. The van der Waals surface area contributed by atoms with Crippen LogP contribution in [0.5, 0.6) is 0 Å². The average molecular weight is 673 g/mol. The first-order valence-electron chi connectivity index (χ1n) is 17.8. The third-order valence-corrected chi connectivity index (χ3v) is 9.90. The van der Waals surface area contributed by atoms with E-state index in [0.717, 1.165) is 46.7 Å². The van der Waals surface area contributed by atoms with Crippen LogP contribution in [0.1, 0.15) is 87.1 Å². The quantitative estimate of drug-likeness (QED) is 0.198. The van der Waals surface area contributed by atoms with E-state index < -0.39 is 0 Å². The number of nitrogens with one attached hydrogen (secondary N) is 1. The molecule has 0 bridgehead atoms. The van der Waals surface area contributed by atoms with Gasteiger partial charge in [-0.1, -0.05) is 109 Å². The summed E-state index contributed by atoms with van der Waals surface area (Å²) in [7, 11) is 2.04. The van der Waals surface area contributed by atoms with Crippen molar-refractivity contribution in [3.63, 3.8) is 0 Å². The summed E-state index contributed by atoms with van der Waals surface area (Å²) in [5.74, 6) is 0.195. The highest BCUT2D eigenvalue weighted by Crippen LogP contribution is 2.41. The van der Waals surface area contributed by atoms with Crippen LogP contribution in [0.3, 0.4) is 0 Å². The molecule has 0 radical (unpaired) electrons. The van der Waals surface area contributed by atoms with Crippen molar-refractivity contribution < 1.29 is 14.4 Å². The summed E-state index contributed by atoms with van der Waals surface area (Å²) in [6.45, 7) is 19.1. The van der Waals surface area contributed by atoms with Gasteiger partial charge >= 0.3 is 0 Å². The Labute approximate surface area is 298 Å². The molecule has 2 aliphatic heterocycles. The van der Waals surface area contributed by atoms with Crippen LogP contribution in [-0.4, -0.2) is 55.8 Å². The Kier molecular flexibility index (Phi) is 11.3. The van der Waals surface area contributed by atoms with Crippen LogP contribution in [0, 0.1) is 0 Å². The number of para-hydroxylation sites is 2. The lowest BCUT2D eigenvalue weighted by Gasteiger charge is -2.31. The summed E-state index contributed by atoms with van der Waals surface area (Å²) in [6.07, 6.45) is 9.33. The minimum Gasteiger partial charge on any atom is -0.322 e. The molecule has 0 saturated carbocycles. The standard InChI is InChI=1S/C43H52N4O3/c1-9-40(49)47-27-32(19-22-41(50)46-25-23-31-14-12-16-35(30(4)5)42(31)46)36-21-20-33(26-38(36)47)43(6,7)28-45(8)24-13-18-39(48)44-37-17-11-10-15-34(37)29(2)3/h9-22,26,29-30,32H,1,23-25,27-28H2,2-8H3,(H,44,48)/b18-13+,22-19+. The molecule has 7 heteroatoms. The van der Waals surface area contributed by atoms with Crippen molar-refractivity contribution in [1.29, 1.82) is 0 Å². The minimum atomic E-state index is -0.250. The van der Waals surface area contributed by atoms with Gasteiger partial charge in [0.2, 0.25) is 11.8 Å². The van der Waals surface area contributed by atoms with E-state index in [9.17, 15) is 14.4 Å². The molecular weight excluding hydrogens is 620 g/mol. The minimum absolute atomic E-state index is 0.0282. The van der Waals surface area contributed by atoms with Crippen molar-refractivity contribution in [1.82, 2.24) is 4.90 Å². The van der Waals surface area contributed by atoms with Gasteiger partial charge < -0.3 is 20.0 Å². The van der Waals surface area contributed by atoms with Gasteiger partial charge in [0, 0.05) is 61.0 Å². The lowest BCUT2D eigenvalue weighted by molar-refractivity contribution is -0.114. The highest BCUT2D eigenvalue weighted by Gasteiger charge is 2.33. The number of amides is 3. The van der Waals surface area contributed by atoms with Crippen LogP contribution in [0.4, 0.5) is 17.1 Å². The first-order chi connectivity index (χ1) is 23.8. The molecule has 5 rings (SSSR count). The molecule has 262 valence electrons. The molecule has 3 amide bonds. The summed E-state index contributed by atoms with van der Waals surface area (Å²) < 4.78 is 0. The van der Waals surface area contributed by atoms with Crippen molar-refractivity contribution in [3.05, 3.63) is 125 Å². The monoisotopic (exact) mass is 672 g/mol. The third-order valence-electron chi connectivity index (χ3n) is 9.90. The van der Waals surface area contributed by atoms with Crippen LogP contribution in [0.25, 0.3) is 0 Å². The molecular formula is C43H52N4O3. The SMILES string of the molecule is C=CC(=O)N1CC(/C=C/C(=O)N2CCc3cccc(C(C)C)c32)c2ccc(C(C)(C)CN(C)C/C=C/C(=O)Nc3ccccc3C(C)C)cc21. The molecule has 3 aromatic rings. The van der Waals surface area contributed by atoms with Gasteiger partial charge in [-0.25, -0.2) is 0 Å². The number of carbonyl (C=O) groups excluding carboxylic acids is 3. The largest absolute Gasteiger partial charge is 0.322 e. The summed E-state index contributed by atoms with van der Waals surface area (Å²) >= 11 is 0. The number of nitrogens with zero attached hydrogens (tertiary/aromatic N) is 3. The lowest BCUT2D eigenvalue weighted by atomic mass is 9.83. The molecule has 2 heterocycles. The van der Waals surface area contributed by atoms with Crippen molar-refractivity contribution in [2.24, 2.45) is 0 Å². The lowest BCUT2D eigenvalue weighted by Crippen LogP contribution is -2.35. The van der Waals surface area contributed by atoms with Gasteiger partial charge in [0.1, 0.15) is 0 Å². The van der Waals surface area contributed by atoms with Gasteiger partial charge in [-0.05, 0) is 71.3 Å². The molecule has 1 unspecified atom stereocenters. The number of hydrogen-bond acceptors (Lipinski definition) is 4. The average Bonchev–Trinajstić information content (AvgIpc) is 3.68. The van der Waals surface area contributed by atoms with E-state index in [1.54, 1.807) is 17.1 Å². The fourth-order valence-corrected chi connectivity index (χ4v) is 7.31. The van der Waals surface area contributed by atoms with E-state index in [2.05, 4.69) is 94.7 Å². The molecule has 0 spiro atoms. The zero-order valence-corrected chi connectivity index (χ0v) is 30.7. The fourth-order valence-electron chi connectivity index (χ4n) is 7.31. The molecule has 7 nitrogen and oxygen atoms in total. The number of hydrogen-bond donors (Lipinski definition) is 1. The smallest absolute Gasteiger partial charge is 0.250 e. The Bertz CT molecular complexity index is 1820. The molecule has 1 N–H and O–H groups in total. The molecule has 0 aliphatic carbocycles. The van der Waals surface area contributed by atoms with Crippen LogP contribution in [-0.2, 0) is 26.2 Å². The van der Waals surface area contributed by atoms with Crippen molar-refractivity contribution in [2.45, 2.75) is 71.1 Å². The Morgan fingerprint density at radius 2 is 1.66 bits per heavy atom. The number of fused-ring (bicyclic) bond motifs is 2. The van der Waals surface area contributed by atoms with Gasteiger partial charge in [0.05, 0.1) is 5.69 Å². The second-order valence-corrected chi connectivity index (χ2v) is 14.9. The number of anilines is 3. The number of carbonyl (C=O) groups is 3. The van der Waals surface area contributed by atoms with Gasteiger partial charge in [0.25, 0.3) is 5.91 Å². The van der Waals surface area contributed by atoms with Gasteiger partial charge in [-0.3, -0.25) is 14.4 Å². The van der Waals surface area contributed by atoms with Crippen LogP contribution in [0.2, 0.25) is 0 Å². The predicted molar refractivity (Wildman–Crippen MR) is 206 cm³/mol. The van der Waals surface area contributed by atoms with E-state index in [1.165, 1.54) is 17.2 Å². The van der Waals surface area contributed by atoms with Gasteiger partial charge in [-0.2, -0.15) is 0 Å². The molecule has 50 heavy (non-hydrogen) atoms. The molecule has 0 fully saturated rings. The van der Waals surface area contributed by atoms with Crippen LogP contribution < -0.4 is 15.1 Å². The maximum absolute atomic E-state index is 13.6. The summed E-state index contributed by atoms with van der Waals surface area (Å²) in [6, 6.07) is 20.6. The Morgan fingerprint density at radius 3 is 2.38 bits per heavy atom. The second-order valence-electron chi connectivity index (χ2n) is 14.9. The zero-order chi connectivity index (χ0) is 36.2. The zero-order valence-electron chi connectivity index (χ0n) is 30.7. The van der Waals surface area contributed by atoms with Gasteiger partial charge in [-0.15, -0.1) is 0 Å². The number of benzene rings is 3. The number of rotatable bonds is 12. The van der Waals surface area contributed by atoms with E-state index in [0.29, 0.717) is 31.5 Å². The van der Waals surface area contributed by atoms with Crippen LogP contribution >= 0.6 is 0 Å². The molecule has 2 aliphatic rings. The molecule has 0 saturated heterocycles. The summed E-state index contributed by atoms with van der Waals surface area (Å²) in [5.41, 5.74) is 8.16. The number of likely N-dealkylation sites (N-methyl/N-ethyl adjacent to an activating group) is 1. The molecule has 3 aromatic carbocycles. The highest BCUT2D eigenvalue weighted by atomic mass is 16.2. The molecule has 1 atom stereocenters. The normalized spacial score (nSPS) is 15.8. The Balaban J connectivity index is 1.27. The van der Waals surface area contributed by atoms with Gasteiger partial charge in [0.15, 0.2) is 0 Å². The van der Waals surface area contributed by atoms with Crippen molar-refractivity contribution >= 4 is 34.8 Å². The maximum Gasteiger partial charge on any atom is 0.250 e. The topological polar surface area (TPSA) is 73.0 Å².